The summed E-state index contributed by atoms with van der Waals surface area (Å²) in [4.78, 5) is 21.3. The Labute approximate surface area is 91.8 Å². The number of ketones is 1. The fourth-order valence-electron chi connectivity index (χ4n) is 0.912. The number of halogens is 3. The van der Waals surface area contributed by atoms with Crippen molar-refractivity contribution in [2.45, 2.75) is 5.92 Å². The molecule has 0 saturated heterocycles. The molecule has 0 amide bonds. The zero-order valence-corrected chi connectivity index (χ0v) is 8.79. The third-order valence-electron chi connectivity index (χ3n) is 1.67. The van der Waals surface area contributed by atoms with E-state index < -0.39 is 17.7 Å². The highest BCUT2D eigenvalue weighted by Crippen LogP contribution is 2.25. The number of Topliss-reactive ketones (excluding diaryl/α,β-unsaturated/α-hetero) is 1. The van der Waals surface area contributed by atoms with Crippen LogP contribution in [0.25, 0.3) is 0 Å². The molecule has 0 radical (unpaired) electrons. The lowest BCUT2D eigenvalue weighted by molar-refractivity contribution is -0.157. The Kier molecular flexibility index (Phi) is 3.18. The van der Waals surface area contributed by atoms with E-state index in [1.807, 2.05) is 0 Å². The molecule has 80 valence electrons. The van der Waals surface area contributed by atoms with Crippen LogP contribution in [0.1, 0.15) is 10.4 Å². The Morgan fingerprint density at radius 2 is 1.80 bits per heavy atom. The van der Waals surface area contributed by atoms with Crippen molar-refractivity contribution in [3.63, 3.8) is 0 Å². The normalized spacial score (nSPS) is 11.1. The maximum atomic E-state index is 12.8. The Hall–Kier alpha value is -1.30. The lowest BCUT2D eigenvalue weighted by Crippen LogP contribution is -2.37. The molecule has 0 bridgehead atoms. The van der Waals surface area contributed by atoms with Crippen LogP contribution in [-0.4, -0.2) is 22.8 Å². The number of carbonyl (C=O) groups is 2. The largest absolute Gasteiger partial charge is 0.476 e. The number of alkyl halides is 2. The molecule has 3 nitrogen and oxygen atoms in total. The minimum atomic E-state index is -4.40. The second-order valence-corrected chi connectivity index (χ2v) is 3.54. The van der Waals surface area contributed by atoms with Crippen molar-refractivity contribution in [2.75, 3.05) is 0 Å². The van der Waals surface area contributed by atoms with E-state index in [2.05, 4.69) is 15.9 Å². The molecule has 1 N–H and O–H groups in total. The number of hydrogen-bond donors (Lipinski definition) is 1. The van der Waals surface area contributed by atoms with Gasteiger partial charge in [0.1, 0.15) is 0 Å². The first-order valence-corrected chi connectivity index (χ1v) is 4.57. The third-order valence-corrected chi connectivity index (χ3v) is 2.36. The molecular weight excluding hydrogens is 274 g/mol. The second-order valence-electron chi connectivity index (χ2n) is 2.69. The molecule has 0 aliphatic rings. The predicted molar refractivity (Wildman–Crippen MR) is 51.1 cm³/mol. The first kappa shape index (κ1) is 11.8. The van der Waals surface area contributed by atoms with Crippen LogP contribution in [0.2, 0.25) is 0 Å². The van der Waals surface area contributed by atoms with Gasteiger partial charge >= 0.3 is 11.9 Å². The Balaban J connectivity index is 3.16. The molecule has 6 heteroatoms. The van der Waals surface area contributed by atoms with Crippen LogP contribution in [0, 0.1) is 0 Å². The molecule has 0 saturated carbocycles. The highest BCUT2D eigenvalue weighted by atomic mass is 79.9. The predicted octanol–water partition coefficient (Wildman–Crippen LogP) is 2.35. The number of aliphatic carboxylic acids is 1. The van der Waals surface area contributed by atoms with E-state index in [0.717, 1.165) is 6.07 Å². The lowest BCUT2D eigenvalue weighted by atomic mass is 10.1. The summed E-state index contributed by atoms with van der Waals surface area (Å²) in [7, 11) is 0. The van der Waals surface area contributed by atoms with Gasteiger partial charge in [0.2, 0.25) is 5.78 Å². The van der Waals surface area contributed by atoms with Crippen molar-refractivity contribution in [1.82, 2.24) is 0 Å². The summed E-state index contributed by atoms with van der Waals surface area (Å²) >= 11 is 2.89. The Morgan fingerprint density at radius 3 is 2.27 bits per heavy atom. The average molecular weight is 279 g/mol. The fraction of sp³-hybridized carbons (Fsp3) is 0.111. The van der Waals surface area contributed by atoms with Gasteiger partial charge in [0.15, 0.2) is 0 Å². The summed E-state index contributed by atoms with van der Waals surface area (Å²) in [6, 6.07) is 5.41. The van der Waals surface area contributed by atoms with Gasteiger partial charge in [-0.15, -0.1) is 0 Å². The maximum absolute atomic E-state index is 12.8. The highest BCUT2D eigenvalue weighted by molar-refractivity contribution is 9.10. The molecule has 0 atom stereocenters. The van der Waals surface area contributed by atoms with Crippen LogP contribution in [0.5, 0.6) is 0 Å². The van der Waals surface area contributed by atoms with Crippen LogP contribution >= 0.6 is 15.9 Å². The van der Waals surface area contributed by atoms with Gasteiger partial charge in [0, 0.05) is 10.0 Å². The van der Waals surface area contributed by atoms with Gasteiger partial charge in [-0.25, -0.2) is 4.79 Å². The van der Waals surface area contributed by atoms with Crippen molar-refractivity contribution in [2.24, 2.45) is 0 Å². The molecule has 0 aliphatic carbocycles. The number of rotatable bonds is 3. The first-order valence-electron chi connectivity index (χ1n) is 3.78. The molecular formula is C9H5BrF2O3. The summed E-state index contributed by atoms with van der Waals surface area (Å²) in [6.45, 7) is 0. The molecule has 0 heterocycles. The van der Waals surface area contributed by atoms with Gasteiger partial charge in [-0.05, 0) is 6.07 Å². The van der Waals surface area contributed by atoms with E-state index in [1.54, 1.807) is 0 Å². The van der Waals surface area contributed by atoms with Crippen molar-refractivity contribution >= 4 is 27.7 Å². The second kappa shape index (κ2) is 4.06. The maximum Gasteiger partial charge on any atom is 0.404 e. The molecule has 0 unspecified atom stereocenters. The van der Waals surface area contributed by atoms with Crippen molar-refractivity contribution in [1.29, 1.82) is 0 Å². The summed E-state index contributed by atoms with van der Waals surface area (Å²) in [5.41, 5.74) is -0.357. The quantitative estimate of drug-likeness (QED) is 0.682. The molecule has 0 aromatic heterocycles. The van der Waals surface area contributed by atoms with Gasteiger partial charge in [-0.3, -0.25) is 4.79 Å². The first-order chi connectivity index (χ1) is 6.87. The molecule has 1 rings (SSSR count). The number of carboxylic acid groups (broad SMARTS) is 1. The molecule has 1 aromatic rings. The van der Waals surface area contributed by atoms with Crippen LogP contribution < -0.4 is 0 Å². The van der Waals surface area contributed by atoms with Gasteiger partial charge < -0.3 is 5.11 Å². The third kappa shape index (κ3) is 2.20. The lowest BCUT2D eigenvalue weighted by Gasteiger charge is -2.10. The van der Waals surface area contributed by atoms with Crippen LogP contribution in [0.15, 0.2) is 28.7 Å². The van der Waals surface area contributed by atoms with Gasteiger partial charge in [-0.1, -0.05) is 34.1 Å². The SMILES string of the molecule is O=C(O)C(F)(F)C(=O)c1ccccc1Br. The fourth-order valence-corrected chi connectivity index (χ4v) is 1.38. The molecule has 0 spiro atoms. The zero-order valence-electron chi connectivity index (χ0n) is 7.21. The standard InChI is InChI=1S/C9H5BrF2O3/c10-6-4-2-1-3-5(6)7(13)9(11,12)8(14)15/h1-4H,(H,14,15). The van der Waals surface area contributed by atoms with Gasteiger partial charge in [0.25, 0.3) is 0 Å². The zero-order chi connectivity index (χ0) is 11.6. The molecule has 15 heavy (non-hydrogen) atoms. The van der Waals surface area contributed by atoms with E-state index >= 15 is 0 Å². The minimum absolute atomic E-state index is 0.135. The summed E-state index contributed by atoms with van der Waals surface area (Å²) < 4.78 is 25.8. The number of carbonyl (C=O) groups excluding carboxylic acids is 1. The van der Waals surface area contributed by atoms with Crippen molar-refractivity contribution in [3.8, 4) is 0 Å². The van der Waals surface area contributed by atoms with Crippen LogP contribution in [0.4, 0.5) is 8.78 Å². The number of carboxylic acids is 1. The molecule has 1 aromatic carbocycles. The van der Waals surface area contributed by atoms with Crippen molar-refractivity contribution in [3.05, 3.63) is 34.3 Å². The van der Waals surface area contributed by atoms with Gasteiger partial charge in [-0.2, -0.15) is 8.78 Å². The Bertz CT molecular complexity index is 418. The summed E-state index contributed by atoms with van der Waals surface area (Å²) in [5, 5.41) is 8.18. The van der Waals surface area contributed by atoms with E-state index in [4.69, 9.17) is 5.11 Å². The Morgan fingerprint density at radius 1 is 1.27 bits per heavy atom. The van der Waals surface area contributed by atoms with Crippen LogP contribution in [-0.2, 0) is 4.79 Å². The smallest absolute Gasteiger partial charge is 0.404 e. The topological polar surface area (TPSA) is 54.4 Å². The number of benzene rings is 1. The van der Waals surface area contributed by atoms with E-state index in [9.17, 15) is 18.4 Å². The molecule has 0 fully saturated rings. The van der Waals surface area contributed by atoms with Crippen LogP contribution in [0.3, 0.4) is 0 Å². The average Bonchev–Trinajstić information content (AvgIpc) is 2.17. The van der Waals surface area contributed by atoms with E-state index in [1.165, 1.54) is 18.2 Å². The van der Waals surface area contributed by atoms with Crippen molar-refractivity contribution < 1.29 is 23.5 Å². The van der Waals surface area contributed by atoms with E-state index in [0.29, 0.717) is 0 Å². The summed E-state index contributed by atoms with van der Waals surface area (Å²) in [6.07, 6.45) is 0. The highest BCUT2D eigenvalue weighted by Gasteiger charge is 2.48. The minimum Gasteiger partial charge on any atom is -0.476 e. The number of hydrogen-bond acceptors (Lipinski definition) is 2. The van der Waals surface area contributed by atoms with E-state index in [-0.39, 0.29) is 10.0 Å². The molecule has 0 aliphatic heterocycles. The van der Waals surface area contributed by atoms with Gasteiger partial charge in [0.05, 0.1) is 0 Å². The monoisotopic (exact) mass is 278 g/mol. The summed E-state index contributed by atoms with van der Waals surface area (Å²) in [5.74, 6) is -8.59.